The first kappa shape index (κ1) is 17.4. The lowest BCUT2D eigenvalue weighted by Gasteiger charge is -2.03. The Morgan fingerprint density at radius 3 is 2.24 bits per heavy atom. The quantitative estimate of drug-likeness (QED) is 0.347. The molecule has 3 heteroatoms. The lowest BCUT2D eigenvalue weighted by Crippen LogP contribution is -2.02. The predicted octanol–water partition coefficient (Wildman–Crippen LogP) is 4.23. The van der Waals surface area contributed by atoms with E-state index in [1.165, 1.54) is 25.3 Å². The van der Waals surface area contributed by atoms with Gasteiger partial charge in [0.25, 0.3) is 0 Å². The summed E-state index contributed by atoms with van der Waals surface area (Å²) in [5.41, 5.74) is 1.01. The highest BCUT2D eigenvalue weighted by molar-refractivity contribution is 5.86. The first-order chi connectivity index (χ1) is 10.3. The van der Waals surface area contributed by atoms with Crippen LogP contribution < -0.4 is 0 Å². The molecule has 0 spiro atoms. The van der Waals surface area contributed by atoms with Crippen molar-refractivity contribution in [2.24, 2.45) is 0 Å². The van der Waals surface area contributed by atoms with Crippen LogP contribution in [0, 0.1) is 0 Å². The summed E-state index contributed by atoms with van der Waals surface area (Å²) in [6.07, 6.45) is 10.1. The molecular weight excluding hydrogens is 264 g/mol. The predicted molar refractivity (Wildman–Crippen MR) is 86.0 cm³/mol. The molecule has 0 heterocycles. The van der Waals surface area contributed by atoms with E-state index in [4.69, 9.17) is 9.47 Å². The Morgan fingerprint density at radius 2 is 1.57 bits per heavy atom. The fourth-order valence-electron chi connectivity index (χ4n) is 2.00. The highest BCUT2D eigenvalue weighted by atomic mass is 16.5. The third kappa shape index (κ3) is 9.85. The Hall–Kier alpha value is -1.61. The van der Waals surface area contributed by atoms with E-state index in [9.17, 15) is 4.79 Å². The Labute approximate surface area is 128 Å². The lowest BCUT2D eigenvalue weighted by atomic mass is 10.1. The van der Waals surface area contributed by atoms with E-state index in [1.54, 1.807) is 13.2 Å². The SMILES string of the molecule is COCCCCCCCCOC(=O)C=Cc1ccccc1. The van der Waals surface area contributed by atoms with Gasteiger partial charge in [0.15, 0.2) is 0 Å². The van der Waals surface area contributed by atoms with Crippen molar-refractivity contribution in [3.05, 3.63) is 42.0 Å². The van der Waals surface area contributed by atoms with Gasteiger partial charge in [-0.1, -0.05) is 56.0 Å². The molecule has 21 heavy (non-hydrogen) atoms. The molecule has 0 unspecified atom stereocenters. The van der Waals surface area contributed by atoms with Crippen molar-refractivity contribution in [1.82, 2.24) is 0 Å². The van der Waals surface area contributed by atoms with E-state index in [0.717, 1.165) is 31.4 Å². The normalized spacial score (nSPS) is 10.9. The maximum atomic E-state index is 11.5. The molecule has 0 aliphatic rings. The summed E-state index contributed by atoms with van der Waals surface area (Å²) in [6.45, 7) is 1.36. The van der Waals surface area contributed by atoms with Gasteiger partial charge in [0.2, 0.25) is 0 Å². The van der Waals surface area contributed by atoms with Gasteiger partial charge in [-0.3, -0.25) is 0 Å². The molecule has 1 aromatic rings. The molecule has 0 amide bonds. The van der Waals surface area contributed by atoms with Crippen LogP contribution in [0.15, 0.2) is 36.4 Å². The molecule has 116 valence electrons. The van der Waals surface area contributed by atoms with Gasteiger partial charge >= 0.3 is 5.97 Å². The molecule has 1 aromatic carbocycles. The smallest absolute Gasteiger partial charge is 0.330 e. The van der Waals surface area contributed by atoms with E-state index in [0.29, 0.717) is 6.61 Å². The maximum Gasteiger partial charge on any atom is 0.330 e. The number of hydrogen-bond acceptors (Lipinski definition) is 3. The van der Waals surface area contributed by atoms with Crippen molar-refractivity contribution in [2.45, 2.75) is 38.5 Å². The summed E-state index contributed by atoms with van der Waals surface area (Å²) in [6, 6.07) is 9.74. The molecule has 0 aliphatic carbocycles. The molecule has 0 fully saturated rings. The van der Waals surface area contributed by atoms with E-state index in [-0.39, 0.29) is 5.97 Å². The van der Waals surface area contributed by atoms with Crippen molar-refractivity contribution in [3.8, 4) is 0 Å². The van der Waals surface area contributed by atoms with Gasteiger partial charge < -0.3 is 9.47 Å². The number of carbonyl (C=O) groups is 1. The summed E-state index contributed by atoms with van der Waals surface area (Å²) in [5.74, 6) is -0.265. The van der Waals surface area contributed by atoms with E-state index >= 15 is 0 Å². The van der Waals surface area contributed by atoms with Crippen molar-refractivity contribution < 1.29 is 14.3 Å². The van der Waals surface area contributed by atoms with Crippen LogP contribution in [-0.4, -0.2) is 26.3 Å². The average Bonchev–Trinajstić information content (AvgIpc) is 2.52. The second-order valence-corrected chi connectivity index (χ2v) is 5.03. The highest BCUT2D eigenvalue weighted by Crippen LogP contribution is 2.06. The molecule has 0 radical (unpaired) electrons. The average molecular weight is 290 g/mol. The number of esters is 1. The molecule has 0 bridgehead atoms. The van der Waals surface area contributed by atoms with Crippen molar-refractivity contribution >= 4 is 12.0 Å². The molecule has 0 aliphatic heterocycles. The van der Waals surface area contributed by atoms with Crippen LogP contribution in [0.4, 0.5) is 0 Å². The number of benzene rings is 1. The first-order valence-corrected chi connectivity index (χ1v) is 7.72. The summed E-state index contributed by atoms with van der Waals surface area (Å²) in [5, 5.41) is 0. The molecule has 1 rings (SSSR count). The number of methoxy groups -OCH3 is 1. The van der Waals surface area contributed by atoms with E-state index in [2.05, 4.69) is 0 Å². The molecule has 0 N–H and O–H groups in total. The second-order valence-electron chi connectivity index (χ2n) is 5.03. The summed E-state index contributed by atoms with van der Waals surface area (Å²) in [4.78, 5) is 11.5. The fourth-order valence-corrected chi connectivity index (χ4v) is 2.00. The minimum Gasteiger partial charge on any atom is -0.463 e. The molecule has 0 saturated heterocycles. The summed E-state index contributed by atoms with van der Waals surface area (Å²) in [7, 11) is 1.74. The zero-order chi connectivity index (χ0) is 15.2. The van der Waals surface area contributed by atoms with Crippen LogP contribution in [0.3, 0.4) is 0 Å². The number of rotatable bonds is 11. The van der Waals surface area contributed by atoms with Gasteiger partial charge in [0.1, 0.15) is 0 Å². The second kappa shape index (κ2) is 12.2. The van der Waals surface area contributed by atoms with Crippen LogP contribution in [0.2, 0.25) is 0 Å². The minimum absolute atomic E-state index is 0.265. The van der Waals surface area contributed by atoms with Crippen LogP contribution >= 0.6 is 0 Å². The zero-order valence-corrected chi connectivity index (χ0v) is 12.9. The summed E-state index contributed by atoms with van der Waals surface area (Å²) >= 11 is 0. The van der Waals surface area contributed by atoms with Crippen LogP contribution in [-0.2, 0) is 14.3 Å². The number of carbonyl (C=O) groups excluding carboxylic acids is 1. The first-order valence-electron chi connectivity index (χ1n) is 7.72. The molecule has 3 nitrogen and oxygen atoms in total. The van der Waals surface area contributed by atoms with Gasteiger partial charge in [-0.15, -0.1) is 0 Å². The largest absolute Gasteiger partial charge is 0.463 e. The van der Waals surface area contributed by atoms with E-state index in [1.807, 2.05) is 30.3 Å². The third-order valence-electron chi connectivity index (χ3n) is 3.20. The van der Waals surface area contributed by atoms with Crippen LogP contribution in [0.25, 0.3) is 6.08 Å². The Morgan fingerprint density at radius 1 is 0.952 bits per heavy atom. The standard InChI is InChI=1S/C18H26O3/c1-20-15-9-4-2-3-5-10-16-21-18(19)14-13-17-11-7-6-8-12-17/h6-8,11-14H,2-5,9-10,15-16H2,1H3. The number of unbranched alkanes of at least 4 members (excludes halogenated alkanes) is 5. The fraction of sp³-hybridized carbons (Fsp3) is 0.500. The van der Waals surface area contributed by atoms with Gasteiger partial charge in [0.05, 0.1) is 6.61 Å². The van der Waals surface area contributed by atoms with Gasteiger partial charge in [-0.2, -0.15) is 0 Å². The molecular formula is C18H26O3. The highest BCUT2D eigenvalue weighted by Gasteiger charge is 1.97. The molecule has 0 aromatic heterocycles. The maximum absolute atomic E-state index is 11.5. The lowest BCUT2D eigenvalue weighted by molar-refractivity contribution is -0.137. The van der Waals surface area contributed by atoms with Crippen LogP contribution in [0.1, 0.15) is 44.1 Å². The van der Waals surface area contributed by atoms with Crippen molar-refractivity contribution in [1.29, 1.82) is 0 Å². The topological polar surface area (TPSA) is 35.5 Å². The Kier molecular flexibility index (Phi) is 10.1. The Balaban J connectivity index is 1.97. The number of hydrogen-bond donors (Lipinski definition) is 0. The summed E-state index contributed by atoms with van der Waals surface area (Å²) < 4.78 is 10.2. The number of ether oxygens (including phenoxy) is 2. The Bertz CT molecular complexity index is 398. The van der Waals surface area contributed by atoms with E-state index < -0.39 is 0 Å². The van der Waals surface area contributed by atoms with Crippen molar-refractivity contribution in [2.75, 3.05) is 20.3 Å². The molecule has 0 saturated carbocycles. The zero-order valence-electron chi connectivity index (χ0n) is 12.9. The minimum atomic E-state index is -0.265. The van der Waals surface area contributed by atoms with Crippen LogP contribution in [0.5, 0.6) is 0 Å². The third-order valence-corrected chi connectivity index (χ3v) is 3.20. The van der Waals surface area contributed by atoms with Crippen molar-refractivity contribution in [3.63, 3.8) is 0 Å². The molecule has 0 atom stereocenters. The van der Waals surface area contributed by atoms with Gasteiger partial charge in [0, 0.05) is 19.8 Å². The van der Waals surface area contributed by atoms with Gasteiger partial charge in [-0.05, 0) is 24.5 Å². The monoisotopic (exact) mass is 290 g/mol. The van der Waals surface area contributed by atoms with Gasteiger partial charge in [-0.25, -0.2) is 4.79 Å².